The Morgan fingerprint density at radius 3 is 2.47 bits per heavy atom. The minimum atomic E-state index is 0.640. The van der Waals surface area contributed by atoms with Crippen LogP contribution in [0.4, 0.5) is 0 Å². The van der Waals surface area contributed by atoms with E-state index in [1.165, 1.54) is 19.3 Å². The van der Waals surface area contributed by atoms with Crippen LogP contribution in [-0.4, -0.2) is 0 Å². The van der Waals surface area contributed by atoms with Crippen LogP contribution in [0, 0.1) is 34.5 Å². The monoisotopic (exact) mass is 206 g/mol. The summed E-state index contributed by atoms with van der Waals surface area (Å²) in [6.45, 7) is 10.2. The molecule has 3 saturated carbocycles. The molecule has 0 aromatic rings. The normalized spacial score (nSPS) is 56.8. The van der Waals surface area contributed by atoms with E-state index in [1.807, 2.05) is 0 Å². The molecule has 0 radical (unpaired) electrons. The molecule has 0 amide bonds. The molecule has 0 heteroatoms. The summed E-state index contributed by atoms with van der Waals surface area (Å²) in [5.41, 5.74) is 1.42. The number of hydrogen-bond donors (Lipinski definition) is 0. The van der Waals surface area contributed by atoms with Gasteiger partial charge >= 0.3 is 0 Å². The van der Waals surface area contributed by atoms with Gasteiger partial charge in [0, 0.05) is 0 Å². The van der Waals surface area contributed by atoms with Gasteiger partial charge in [0.15, 0.2) is 0 Å². The second kappa shape index (κ2) is 2.81. The molecule has 3 aliphatic rings. The van der Waals surface area contributed by atoms with Crippen LogP contribution in [0.5, 0.6) is 0 Å². The number of rotatable bonds is 0. The molecule has 1 spiro atoms. The SMILES string of the molecule is CC1CC[C@H]2C(C)(C)[C@@H]3C[C@]12CC[C@H]3C. The Morgan fingerprint density at radius 2 is 1.73 bits per heavy atom. The summed E-state index contributed by atoms with van der Waals surface area (Å²) in [5.74, 6) is 4.08. The van der Waals surface area contributed by atoms with Gasteiger partial charge in [-0.05, 0) is 66.6 Å². The van der Waals surface area contributed by atoms with Crippen molar-refractivity contribution in [3.05, 3.63) is 0 Å². The van der Waals surface area contributed by atoms with Crippen LogP contribution >= 0.6 is 0 Å². The van der Waals surface area contributed by atoms with Crippen molar-refractivity contribution in [2.75, 3.05) is 0 Å². The molecule has 1 unspecified atom stereocenters. The zero-order valence-corrected chi connectivity index (χ0v) is 10.8. The molecule has 0 saturated heterocycles. The predicted octanol–water partition coefficient (Wildman–Crippen LogP) is 4.49. The van der Waals surface area contributed by atoms with E-state index in [9.17, 15) is 0 Å². The van der Waals surface area contributed by atoms with Gasteiger partial charge < -0.3 is 0 Å². The highest BCUT2D eigenvalue weighted by Gasteiger charge is 2.64. The fraction of sp³-hybridized carbons (Fsp3) is 1.00. The van der Waals surface area contributed by atoms with Gasteiger partial charge in [0.1, 0.15) is 0 Å². The maximum atomic E-state index is 2.57. The molecule has 2 bridgehead atoms. The molecule has 0 aliphatic heterocycles. The van der Waals surface area contributed by atoms with Gasteiger partial charge in [-0.15, -0.1) is 0 Å². The zero-order chi connectivity index (χ0) is 10.8. The van der Waals surface area contributed by atoms with Crippen molar-refractivity contribution in [2.45, 2.75) is 59.8 Å². The van der Waals surface area contributed by atoms with Crippen molar-refractivity contribution < 1.29 is 0 Å². The summed E-state index contributed by atoms with van der Waals surface area (Å²) in [6.07, 6.45) is 7.65. The third-order valence-electron chi connectivity index (χ3n) is 6.77. The maximum absolute atomic E-state index is 2.57. The molecule has 3 fully saturated rings. The molecule has 86 valence electrons. The average Bonchev–Trinajstić information content (AvgIpc) is 2.57. The van der Waals surface area contributed by atoms with E-state index in [1.54, 1.807) is 12.8 Å². The summed E-state index contributed by atoms with van der Waals surface area (Å²) >= 11 is 0. The first-order chi connectivity index (χ1) is 6.98. The fourth-order valence-electron chi connectivity index (χ4n) is 5.88. The summed E-state index contributed by atoms with van der Waals surface area (Å²) in [7, 11) is 0. The first kappa shape index (κ1) is 10.2. The van der Waals surface area contributed by atoms with Crippen LogP contribution in [0.25, 0.3) is 0 Å². The topological polar surface area (TPSA) is 0 Å². The van der Waals surface area contributed by atoms with Crippen LogP contribution in [0.3, 0.4) is 0 Å². The van der Waals surface area contributed by atoms with Crippen LogP contribution in [0.2, 0.25) is 0 Å². The van der Waals surface area contributed by atoms with Crippen molar-refractivity contribution in [1.29, 1.82) is 0 Å². The van der Waals surface area contributed by atoms with Crippen molar-refractivity contribution in [1.82, 2.24) is 0 Å². The van der Waals surface area contributed by atoms with E-state index in [4.69, 9.17) is 0 Å². The molecular formula is C15H26. The van der Waals surface area contributed by atoms with E-state index in [0.717, 1.165) is 29.1 Å². The van der Waals surface area contributed by atoms with Crippen molar-refractivity contribution >= 4 is 0 Å². The second-order valence-corrected chi connectivity index (χ2v) is 7.41. The Morgan fingerprint density at radius 1 is 1.00 bits per heavy atom. The first-order valence-corrected chi connectivity index (χ1v) is 6.98. The third-order valence-corrected chi connectivity index (χ3v) is 6.77. The molecule has 5 atom stereocenters. The quantitative estimate of drug-likeness (QED) is 0.547. The lowest BCUT2D eigenvalue weighted by atomic mass is 9.66. The minimum absolute atomic E-state index is 0.640. The Labute approximate surface area is 94.8 Å². The van der Waals surface area contributed by atoms with Gasteiger partial charge in [-0.2, -0.15) is 0 Å². The van der Waals surface area contributed by atoms with Gasteiger partial charge in [0.05, 0.1) is 0 Å². The van der Waals surface area contributed by atoms with E-state index >= 15 is 0 Å². The summed E-state index contributed by atoms with van der Waals surface area (Å²) < 4.78 is 0. The largest absolute Gasteiger partial charge is 0.0622 e. The zero-order valence-electron chi connectivity index (χ0n) is 10.8. The van der Waals surface area contributed by atoms with Gasteiger partial charge in [-0.3, -0.25) is 0 Å². The van der Waals surface area contributed by atoms with Gasteiger partial charge in [0.2, 0.25) is 0 Å². The van der Waals surface area contributed by atoms with E-state index < -0.39 is 0 Å². The van der Waals surface area contributed by atoms with Crippen molar-refractivity contribution in [3.63, 3.8) is 0 Å². The first-order valence-electron chi connectivity index (χ1n) is 6.98. The Kier molecular flexibility index (Phi) is 1.91. The fourth-order valence-corrected chi connectivity index (χ4v) is 5.88. The summed E-state index contributed by atoms with van der Waals surface area (Å²) in [4.78, 5) is 0. The average molecular weight is 206 g/mol. The maximum Gasteiger partial charge on any atom is -0.0235 e. The van der Waals surface area contributed by atoms with Gasteiger partial charge in [-0.25, -0.2) is 0 Å². The molecule has 0 nitrogen and oxygen atoms in total. The van der Waals surface area contributed by atoms with Crippen LogP contribution in [0.15, 0.2) is 0 Å². The predicted molar refractivity (Wildman–Crippen MR) is 64.6 cm³/mol. The van der Waals surface area contributed by atoms with Crippen molar-refractivity contribution in [2.24, 2.45) is 34.5 Å². The molecule has 0 aromatic carbocycles. The van der Waals surface area contributed by atoms with Gasteiger partial charge in [0.25, 0.3) is 0 Å². The van der Waals surface area contributed by atoms with E-state index in [2.05, 4.69) is 27.7 Å². The highest BCUT2D eigenvalue weighted by atomic mass is 14.7. The number of fused-ring (bicyclic) bond motifs is 1. The third kappa shape index (κ3) is 1.04. The molecule has 3 rings (SSSR count). The van der Waals surface area contributed by atoms with E-state index in [0.29, 0.717) is 5.41 Å². The Bertz CT molecular complexity index is 278. The second-order valence-electron chi connectivity index (χ2n) is 7.41. The summed E-state index contributed by atoms with van der Waals surface area (Å²) in [5, 5.41) is 0. The lowest BCUT2D eigenvalue weighted by Gasteiger charge is -2.39. The minimum Gasteiger partial charge on any atom is -0.0622 e. The Balaban J connectivity index is 2.04. The standard InChI is InChI=1S/C15H26/c1-10-7-8-15-9-12(10)14(3,4)13(15)6-5-11(15)2/h10-13H,5-9H2,1-4H3/t10-,11?,12-,13+,15-/m1/s1. The van der Waals surface area contributed by atoms with Gasteiger partial charge in [-0.1, -0.05) is 27.7 Å². The Hall–Kier alpha value is 0. The smallest absolute Gasteiger partial charge is 0.0235 e. The highest BCUT2D eigenvalue weighted by Crippen LogP contribution is 2.72. The lowest BCUT2D eigenvalue weighted by Crippen LogP contribution is -2.30. The molecule has 15 heavy (non-hydrogen) atoms. The van der Waals surface area contributed by atoms with Crippen LogP contribution < -0.4 is 0 Å². The molecule has 0 N–H and O–H groups in total. The summed E-state index contributed by atoms with van der Waals surface area (Å²) in [6, 6.07) is 0. The highest BCUT2D eigenvalue weighted by molar-refractivity contribution is 5.13. The lowest BCUT2D eigenvalue weighted by molar-refractivity contribution is 0.104. The van der Waals surface area contributed by atoms with Crippen LogP contribution in [-0.2, 0) is 0 Å². The molecule has 3 aliphatic carbocycles. The molecular weight excluding hydrogens is 180 g/mol. The van der Waals surface area contributed by atoms with Crippen LogP contribution in [0.1, 0.15) is 59.8 Å². The molecule has 0 aromatic heterocycles. The van der Waals surface area contributed by atoms with E-state index in [-0.39, 0.29) is 0 Å². The van der Waals surface area contributed by atoms with Crippen molar-refractivity contribution in [3.8, 4) is 0 Å². The number of hydrogen-bond acceptors (Lipinski definition) is 0. The molecule has 0 heterocycles.